The van der Waals surface area contributed by atoms with E-state index in [4.69, 9.17) is 8.83 Å². The normalized spacial score (nSPS) is 19.9. The molecule has 0 bridgehead atoms. The molecule has 2 atom stereocenters. The minimum absolute atomic E-state index is 0.0122. The smallest absolute Gasteiger partial charge is 0.252 e. The number of para-hydroxylation sites is 3. The van der Waals surface area contributed by atoms with Gasteiger partial charge in [-0.25, -0.2) is 0 Å². The molecule has 2 unspecified atom stereocenters. The van der Waals surface area contributed by atoms with E-state index in [1.54, 1.807) is 0 Å². The summed E-state index contributed by atoms with van der Waals surface area (Å²) in [4.78, 5) is 5.39. The summed E-state index contributed by atoms with van der Waals surface area (Å²) in [6.07, 6.45) is 4.72. The number of rotatable bonds is 2. The Hall–Kier alpha value is -6.66. The van der Waals surface area contributed by atoms with Gasteiger partial charge in [0.25, 0.3) is 6.71 Å². The molecular formula is C60H54BN3O2. The van der Waals surface area contributed by atoms with Crippen molar-refractivity contribution in [2.45, 2.75) is 103 Å². The lowest BCUT2D eigenvalue weighted by Crippen LogP contribution is -2.60. The van der Waals surface area contributed by atoms with E-state index in [2.05, 4.69) is 203 Å². The fourth-order valence-corrected chi connectivity index (χ4v) is 13.3. The first-order valence-corrected chi connectivity index (χ1v) is 24.2. The minimum Gasteiger partial charge on any atom is -0.456 e. The second-order valence-electron chi connectivity index (χ2n) is 22.4. The van der Waals surface area contributed by atoms with Crippen LogP contribution in [0.3, 0.4) is 0 Å². The standard InChI is InChI=1S/C60H54BN3O2/c1-57(2,3)35-26-28-44-41(31-35)59(7)29-13-14-30-60(59,8)64(44)37-33-47-54-48(34-37)63-55-40(52-38-17-9-12-23-50(38)66-56(52)63)19-15-20-43(55)61(54)42-27-25-36(58(4,5)6)32-46(42)62(47)45-21-16-24-51-53(45)39-18-10-11-22-49(39)65-51/h9-12,15-28,31-34H,13-14,29-30H2,1-8H3. The molecule has 66 heavy (non-hydrogen) atoms. The summed E-state index contributed by atoms with van der Waals surface area (Å²) in [7, 11) is 0. The van der Waals surface area contributed by atoms with Gasteiger partial charge in [0.2, 0.25) is 5.71 Å². The lowest BCUT2D eigenvalue weighted by molar-refractivity contribution is 0.195. The van der Waals surface area contributed by atoms with Crippen LogP contribution in [0, 0.1) is 0 Å². The predicted molar refractivity (Wildman–Crippen MR) is 277 cm³/mol. The highest BCUT2D eigenvalue weighted by molar-refractivity contribution is 7.00. The van der Waals surface area contributed by atoms with E-state index >= 15 is 0 Å². The molecular weight excluding hydrogens is 805 g/mol. The Bertz CT molecular complexity index is 3760. The molecule has 1 saturated carbocycles. The molecule has 6 heteroatoms. The van der Waals surface area contributed by atoms with E-state index in [0.717, 1.165) is 57.2 Å². The van der Waals surface area contributed by atoms with Gasteiger partial charge in [0.05, 0.1) is 27.5 Å². The van der Waals surface area contributed by atoms with E-state index in [-0.39, 0.29) is 28.5 Å². The Labute approximate surface area is 386 Å². The molecule has 10 aromatic rings. The van der Waals surface area contributed by atoms with Gasteiger partial charge >= 0.3 is 0 Å². The Morgan fingerprint density at radius 2 is 1.18 bits per heavy atom. The number of hydrogen-bond donors (Lipinski definition) is 0. The monoisotopic (exact) mass is 859 g/mol. The van der Waals surface area contributed by atoms with Crippen molar-refractivity contribution in [3.63, 3.8) is 0 Å². The molecule has 3 aromatic heterocycles. The SMILES string of the molecule is CC(C)(C)c1ccc2c(c1)N(c1cccc3oc4ccccc4c13)c1cc(N3c4ccc(C(C)(C)C)cc4C4(C)CCCCC34C)cc3c1B2c1cccc2c4c5ccccc5oc4n-3c12. The van der Waals surface area contributed by atoms with Crippen molar-refractivity contribution in [2.24, 2.45) is 0 Å². The van der Waals surface area contributed by atoms with Gasteiger partial charge < -0.3 is 18.6 Å². The maximum absolute atomic E-state index is 7.07. The summed E-state index contributed by atoms with van der Waals surface area (Å²) >= 11 is 0. The number of benzene rings is 7. The third kappa shape index (κ3) is 4.77. The van der Waals surface area contributed by atoms with Crippen LogP contribution in [-0.2, 0) is 16.2 Å². The summed E-state index contributed by atoms with van der Waals surface area (Å²) < 4.78 is 16.3. The summed E-state index contributed by atoms with van der Waals surface area (Å²) in [5, 5.41) is 5.83. The number of hydrogen-bond acceptors (Lipinski definition) is 4. The number of nitrogens with zero attached hydrogens (tertiary/aromatic N) is 3. The minimum atomic E-state index is -0.157. The van der Waals surface area contributed by atoms with Crippen molar-refractivity contribution in [3.8, 4) is 5.69 Å². The summed E-state index contributed by atoms with van der Waals surface area (Å²) in [5.41, 5.74) is 20.0. The average Bonchev–Trinajstić information content (AvgIpc) is 4.02. The first-order chi connectivity index (χ1) is 31.7. The van der Waals surface area contributed by atoms with Gasteiger partial charge in [0, 0.05) is 50.0 Å². The number of furan rings is 2. The van der Waals surface area contributed by atoms with E-state index in [9.17, 15) is 0 Å². The Morgan fingerprint density at radius 3 is 1.97 bits per heavy atom. The van der Waals surface area contributed by atoms with Crippen molar-refractivity contribution in [3.05, 3.63) is 150 Å². The fraction of sp³-hybridized carbons (Fsp3) is 0.267. The van der Waals surface area contributed by atoms with Gasteiger partial charge in [-0.2, -0.15) is 0 Å². The molecule has 0 saturated heterocycles. The van der Waals surface area contributed by atoms with Gasteiger partial charge in [0.1, 0.15) is 16.7 Å². The highest BCUT2D eigenvalue weighted by atomic mass is 16.3. The Morgan fingerprint density at radius 1 is 0.530 bits per heavy atom. The lowest BCUT2D eigenvalue weighted by Gasteiger charge is -2.51. The summed E-state index contributed by atoms with van der Waals surface area (Å²) in [5.74, 6) is 0. The van der Waals surface area contributed by atoms with E-state index in [1.165, 1.54) is 90.6 Å². The molecule has 4 aliphatic rings. The van der Waals surface area contributed by atoms with Crippen LogP contribution in [0.15, 0.2) is 142 Å². The van der Waals surface area contributed by atoms with E-state index in [0.29, 0.717) is 0 Å². The van der Waals surface area contributed by atoms with Crippen molar-refractivity contribution < 1.29 is 8.83 Å². The second kappa shape index (κ2) is 12.6. The third-order valence-corrected chi connectivity index (χ3v) is 16.8. The van der Waals surface area contributed by atoms with Crippen LogP contribution >= 0.6 is 0 Å². The molecule has 6 heterocycles. The summed E-state index contributed by atoms with van der Waals surface area (Å²) in [6.45, 7) is 19.2. The van der Waals surface area contributed by atoms with Gasteiger partial charge in [-0.15, -0.1) is 0 Å². The molecule has 0 spiro atoms. The fourth-order valence-electron chi connectivity index (χ4n) is 13.3. The van der Waals surface area contributed by atoms with Crippen LogP contribution in [-0.4, -0.2) is 16.8 Å². The third-order valence-electron chi connectivity index (χ3n) is 16.8. The molecule has 5 nitrogen and oxygen atoms in total. The van der Waals surface area contributed by atoms with Gasteiger partial charge in [0.15, 0.2) is 0 Å². The van der Waals surface area contributed by atoms with Crippen LogP contribution in [0.5, 0.6) is 0 Å². The molecule has 7 aromatic carbocycles. The van der Waals surface area contributed by atoms with Crippen molar-refractivity contribution in [1.82, 2.24) is 4.57 Å². The molecule has 0 amide bonds. The van der Waals surface area contributed by atoms with Gasteiger partial charge in [-0.1, -0.05) is 146 Å². The second-order valence-corrected chi connectivity index (χ2v) is 22.4. The van der Waals surface area contributed by atoms with Crippen LogP contribution in [0.1, 0.15) is 97.8 Å². The average molecular weight is 860 g/mol. The number of aromatic nitrogens is 1. The molecule has 324 valence electrons. The first kappa shape index (κ1) is 38.6. The predicted octanol–water partition coefficient (Wildman–Crippen LogP) is 14.4. The van der Waals surface area contributed by atoms with Crippen molar-refractivity contribution >= 4 is 106 Å². The van der Waals surface area contributed by atoms with Crippen LogP contribution in [0.25, 0.3) is 60.6 Å². The first-order valence-electron chi connectivity index (χ1n) is 24.2. The maximum atomic E-state index is 7.07. The zero-order valence-electron chi connectivity index (χ0n) is 39.3. The topological polar surface area (TPSA) is 37.7 Å². The molecule has 3 aliphatic heterocycles. The summed E-state index contributed by atoms with van der Waals surface area (Å²) in [6, 6.07) is 50.6. The molecule has 1 fully saturated rings. The van der Waals surface area contributed by atoms with Gasteiger partial charge in [-0.05, 0) is 112 Å². The highest BCUT2D eigenvalue weighted by Gasteiger charge is 2.58. The van der Waals surface area contributed by atoms with E-state index in [1.807, 2.05) is 0 Å². The largest absolute Gasteiger partial charge is 0.456 e. The van der Waals surface area contributed by atoms with Crippen LogP contribution < -0.4 is 26.2 Å². The molecule has 0 radical (unpaired) electrons. The lowest BCUT2D eigenvalue weighted by atomic mass is 9.33. The number of anilines is 5. The zero-order chi connectivity index (χ0) is 44.8. The van der Waals surface area contributed by atoms with Crippen LogP contribution in [0.4, 0.5) is 28.4 Å². The Balaban J connectivity index is 1.16. The quantitative estimate of drug-likeness (QED) is 0.162. The molecule has 1 aliphatic carbocycles. The number of fused-ring (bicyclic) bond motifs is 15. The molecule has 14 rings (SSSR count). The Kier molecular flexibility index (Phi) is 7.38. The maximum Gasteiger partial charge on any atom is 0.252 e. The molecule has 0 N–H and O–H groups in total. The van der Waals surface area contributed by atoms with Gasteiger partial charge in [-0.3, -0.25) is 4.57 Å². The van der Waals surface area contributed by atoms with Crippen LogP contribution in [0.2, 0.25) is 0 Å². The highest BCUT2D eigenvalue weighted by Crippen LogP contribution is 2.62. The van der Waals surface area contributed by atoms with Crippen molar-refractivity contribution in [2.75, 3.05) is 9.80 Å². The zero-order valence-corrected chi connectivity index (χ0v) is 39.3. The van der Waals surface area contributed by atoms with E-state index < -0.39 is 0 Å². The van der Waals surface area contributed by atoms with Crippen molar-refractivity contribution in [1.29, 1.82) is 0 Å².